The van der Waals surface area contributed by atoms with Crippen molar-refractivity contribution in [1.29, 1.82) is 0 Å². The highest BCUT2D eigenvalue weighted by atomic mass is 35.5. The first-order valence-corrected chi connectivity index (χ1v) is 2.06. The summed E-state index contributed by atoms with van der Waals surface area (Å²) in [5.41, 5.74) is 5.10. The van der Waals surface area contributed by atoms with Gasteiger partial charge < -0.3 is 5.73 Å². The number of hydrogen-bond acceptors (Lipinski definition) is 2. The summed E-state index contributed by atoms with van der Waals surface area (Å²) < 4.78 is 0. The highest BCUT2D eigenvalue weighted by molar-refractivity contribution is 5.85. The van der Waals surface area contributed by atoms with Crippen LogP contribution < -0.4 is 5.73 Å². The third-order valence-electron chi connectivity index (χ3n) is 0.441. The summed E-state index contributed by atoms with van der Waals surface area (Å²) in [6, 6.07) is 0. The zero-order valence-corrected chi connectivity index (χ0v) is 5.24. The Balaban J connectivity index is 0. The largest absolute Gasteiger partial charge is 0.329 e. The zero-order valence-electron chi connectivity index (χ0n) is 4.42. The lowest BCUT2D eigenvalue weighted by molar-refractivity contribution is 0.980. The number of nitrogens with two attached hydrogens (primary N) is 1. The van der Waals surface area contributed by atoms with E-state index in [-0.39, 0.29) is 12.4 Å². The van der Waals surface area contributed by atoms with E-state index in [0.29, 0.717) is 6.54 Å². The molecule has 44 valence electrons. The van der Waals surface area contributed by atoms with Gasteiger partial charge in [-0.3, -0.25) is 4.99 Å². The predicted octanol–water partition coefficient (Wildman–Crippen LogP) is 0.458. The van der Waals surface area contributed by atoms with Gasteiger partial charge in [-0.25, -0.2) is 0 Å². The van der Waals surface area contributed by atoms with Crippen molar-refractivity contribution in [3.63, 3.8) is 0 Å². The summed E-state index contributed by atoms with van der Waals surface area (Å²) in [7, 11) is 0. The standard InChI is InChI=1S/C4H10N2.ClH/c1-2-6-4-3-5;/h2H,3-5H2,1H3;1H. The van der Waals surface area contributed by atoms with Crippen LogP contribution in [0.1, 0.15) is 6.92 Å². The minimum atomic E-state index is 0. The molecule has 0 atom stereocenters. The van der Waals surface area contributed by atoms with E-state index in [1.54, 1.807) is 6.21 Å². The van der Waals surface area contributed by atoms with Crippen LogP contribution in [0.5, 0.6) is 0 Å². The molecular formula is C4H11ClN2. The molecule has 3 heteroatoms. The van der Waals surface area contributed by atoms with Gasteiger partial charge in [0.2, 0.25) is 0 Å². The van der Waals surface area contributed by atoms with Crippen molar-refractivity contribution in [3.05, 3.63) is 0 Å². The highest BCUT2D eigenvalue weighted by Gasteiger charge is 1.64. The maximum absolute atomic E-state index is 5.10. The van der Waals surface area contributed by atoms with Gasteiger partial charge in [-0.2, -0.15) is 0 Å². The van der Waals surface area contributed by atoms with Crippen LogP contribution in [0, 0.1) is 0 Å². The lowest BCUT2D eigenvalue weighted by atomic mass is 10.7. The quantitative estimate of drug-likeness (QED) is 0.531. The summed E-state index contributed by atoms with van der Waals surface area (Å²) in [6.07, 6.45) is 1.76. The van der Waals surface area contributed by atoms with Gasteiger partial charge in [0, 0.05) is 6.54 Å². The maximum Gasteiger partial charge on any atom is 0.0507 e. The Kier molecular flexibility index (Phi) is 13.3. The zero-order chi connectivity index (χ0) is 4.83. The molecule has 0 aliphatic heterocycles. The topological polar surface area (TPSA) is 38.4 Å². The van der Waals surface area contributed by atoms with E-state index in [2.05, 4.69) is 4.99 Å². The second kappa shape index (κ2) is 9.33. The average Bonchev–Trinajstić information content (AvgIpc) is 1.61. The Morgan fingerprint density at radius 2 is 2.29 bits per heavy atom. The van der Waals surface area contributed by atoms with Crippen LogP contribution in [0.2, 0.25) is 0 Å². The minimum absolute atomic E-state index is 0. The molecule has 2 N–H and O–H groups in total. The minimum Gasteiger partial charge on any atom is -0.329 e. The van der Waals surface area contributed by atoms with Crippen molar-refractivity contribution >= 4 is 18.6 Å². The average molecular weight is 123 g/mol. The summed E-state index contributed by atoms with van der Waals surface area (Å²) in [5, 5.41) is 0. The van der Waals surface area contributed by atoms with Gasteiger partial charge in [-0.05, 0) is 13.1 Å². The molecule has 0 aromatic heterocycles. The normalized spacial score (nSPS) is 8.86. The van der Waals surface area contributed by atoms with Crippen LogP contribution in [0.25, 0.3) is 0 Å². The molecule has 0 fully saturated rings. The number of nitrogens with zero attached hydrogens (tertiary/aromatic N) is 1. The van der Waals surface area contributed by atoms with Crippen LogP contribution in [-0.4, -0.2) is 19.3 Å². The van der Waals surface area contributed by atoms with E-state index >= 15 is 0 Å². The molecule has 0 aromatic carbocycles. The smallest absolute Gasteiger partial charge is 0.0507 e. The van der Waals surface area contributed by atoms with Crippen molar-refractivity contribution in [2.45, 2.75) is 6.92 Å². The third-order valence-corrected chi connectivity index (χ3v) is 0.441. The molecule has 7 heavy (non-hydrogen) atoms. The number of hydrogen-bond donors (Lipinski definition) is 1. The Bertz CT molecular complexity index is 45.0. The molecule has 0 bridgehead atoms. The Morgan fingerprint density at radius 3 is 2.43 bits per heavy atom. The van der Waals surface area contributed by atoms with Crippen molar-refractivity contribution in [3.8, 4) is 0 Å². The molecule has 0 unspecified atom stereocenters. The maximum atomic E-state index is 5.10. The first-order chi connectivity index (χ1) is 2.91. The number of rotatable bonds is 2. The van der Waals surface area contributed by atoms with Gasteiger partial charge in [0.25, 0.3) is 0 Å². The summed E-state index contributed by atoms with van der Waals surface area (Å²) in [6.45, 7) is 3.30. The molecular weight excluding hydrogens is 112 g/mol. The first-order valence-electron chi connectivity index (χ1n) is 2.06. The van der Waals surface area contributed by atoms with E-state index in [1.165, 1.54) is 0 Å². The molecule has 0 spiro atoms. The van der Waals surface area contributed by atoms with Gasteiger partial charge in [-0.15, -0.1) is 12.4 Å². The summed E-state index contributed by atoms with van der Waals surface area (Å²) >= 11 is 0. The second-order valence-corrected chi connectivity index (χ2v) is 0.953. The van der Waals surface area contributed by atoms with Crippen LogP contribution in [0.4, 0.5) is 0 Å². The Morgan fingerprint density at radius 1 is 1.71 bits per heavy atom. The molecule has 0 aliphatic rings. The SMILES string of the molecule is CC=NCCN.Cl. The molecule has 0 heterocycles. The molecule has 2 nitrogen and oxygen atoms in total. The Hall–Kier alpha value is -0.0800. The van der Waals surface area contributed by atoms with E-state index in [4.69, 9.17) is 5.73 Å². The van der Waals surface area contributed by atoms with Gasteiger partial charge in [-0.1, -0.05) is 0 Å². The van der Waals surface area contributed by atoms with Gasteiger partial charge in [0.1, 0.15) is 0 Å². The van der Waals surface area contributed by atoms with Gasteiger partial charge in [0.05, 0.1) is 6.54 Å². The van der Waals surface area contributed by atoms with Crippen LogP contribution >= 0.6 is 12.4 Å². The predicted molar refractivity (Wildman–Crippen MR) is 35.3 cm³/mol. The monoisotopic (exact) mass is 122 g/mol. The fourth-order valence-electron chi connectivity index (χ4n) is 0.204. The molecule has 0 rings (SSSR count). The van der Waals surface area contributed by atoms with Crippen LogP contribution in [-0.2, 0) is 0 Å². The van der Waals surface area contributed by atoms with Crippen molar-refractivity contribution in [1.82, 2.24) is 0 Å². The molecule has 0 amide bonds. The van der Waals surface area contributed by atoms with Crippen molar-refractivity contribution in [2.24, 2.45) is 10.7 Å². The van der Waals surface area contributed by atoms with Gasteiger partial charge in [0.15, 0.2) is 0 Å². The van der Waals surface area contributed by atoms with E-state index in [1.807, 2.05) is 6.92 Å². The van der Waals surface area contributed by atoms with Crippen LogP contribution in [0.15, 0.2) is 4.99 Å². The van der Waals surface area contributed by atoms with Gasteiger partial charge >= 0.3 is 0 Å². The lowest BCUT2D eigenvalue weighted by Gasteiger charge is -1.78. The second-order valence-electron chi connectivity index (χ2n) is 0.953. The summed E-state index contributed by atoms with van der Waals surface area (Å²) in [4.78, 5) is 3.84. The van der Waals surface area contributed by atoms with Crippen molar-refractivity contribution < 1.29 is 0 Å². The van der Waals surface area contributed by atoms with Crippen molar-refractivity contribution in [2.75, 3.05) is 13.1 Å². The molecule has 0 saturated carbocycles. The highest BCUT2D eigenvalue weighted by Crippen LogP contribution is 1.57. The lowest BCUT2D eigenvalue weighted by Crippen LogP contribution is -2.01. The van der Waals surface area contributed by atoms with E-state index in [9.17, 15) is 0 Å². The number of halogens is 1. The molecule has 0 aliphatic carbocycles. The van der Waals surface area contributed by atoms with E-state index < -0.39 is 0 Å². The molecule has 0 aromatic rings. The summed E-state index contributed by atoms with van der Waals surface area (Å²) in [5.74, 6) is 0. The fourth-order valence-corrected chi connectivity index (χ4v) is 0.204. The first kappa shape index (κ1) is 10.0. The number of aliphatic imine (C=N–C) groups is 1. The van der Waals surface area contributed by atoms with E-state index in [0.717, 1.165) is 6.54 Å². The third kappa shape index (κ3) is 10.7. The molecule has 0 saturated heterocycles. The van der Waals surface area contributed by atoms with Crippen LogP contribution in [0.3, 0.4) is 0 Å². The Labute approximate surface area is 50.2 Å². The molecule has 0 radical (unpaired) electrons. The fraction of sp³-hybridized carbons (Fsp3) is 0.750.